The van der Waals surface area contributed by atoms with Crippen molar-refractivity contribution >= 4 is 27.9 Å². The molecule has 3 heterocycles. The maximum Gasteiger partial charge on any atom is 0.259 e. The first-order valence-corrected chi connectivity index (χ1v) is 10.2. The summed E-state index contributed by atoms with van der Waals surface area (Å²) in [6, 6.07) is 11.7. The predicted octanol–water partition coefficient (Wildman–Crippen LogP) is 4.16. The molecule has 30 heavy (non-hydrogen) atoms. The quantitative estimate of drug-likeness (QED) is 0.467. The molecule has 0 radical (unpaired) electrons. The van der Waals surface area contributed by atoms with Crippen LogP contribution in [0.4, 0.5) is 0 Å². The number of aromatic nitrogens is 3. The molecular weight excluding hydrogens is 380 g/mol. The van der Waals surface area contributed by atoms with Crippen molar-refractivity contribution < 1.29 is 14.1 Å². The van der Waals surface area contributed by atoms with Gasteiger partial charge in [0, 0.05) is 29.7 Å². The average Bonchev–Trinajstić information content (AvgIpc) is 3.56. The molecule has 1 aliphatic rings. The normalized spacial score (nSPS) is 13.6. The molecule has 1 aliphatic carbocycles. The van der Waals surface area contributed by atoms with Gasteiger partial charge in [0.25, 0.3) is 11.6 Å². The van der Waals surface area contributed by atoms with Crippen molar-refractivity contribution in [3.8, 4) is 5.75 Å². The van der Waals surface area contributed by atoms with Gasteiger partial charge in [0.05, 0.1) is 23.3 Å². The molecule has 7 heteroatoms. The predicted molar refractivity (Wildman–Crippen MR) is 113 cm³/mol. The number of fused-ring (bicyclic) bond motifs is 2. The summed E-state index contributed by atoms with van der Waals surface area (Å²) < 4.78 is 11.2. The zero-order chi connectivity index (χ0) is 20.5. The Morgan fingerprint density at radius 2 is 2.13 bits per heavy atom. The number of para-hydroxylation sites is 1. The topological polar surface area (TPSA) is 90.1 Å². The number of carbonyl (C=O) groups excluding carboxylic acids is 1. The Kier molecular flexibility index (Phi) is 4.78. The van der Waals surface area contributed by atoms with E-state index < -0.39 is 0 Å². The molecule has 0 spiro atoms. The van der Waals surface area contributed by atoms with Gasteiger partial charge >= 0.3 is 0 Å². The van der Waals surface area contributed by atoms with Crippen LogP contribution in [-0.2, 0) is 0 Å². The number of hydrogen-bond donors (Lipinski definition) is 1. The Labute approximate surface area is 173 Å². The lowest BCUT2D eigenvalue weighted by Crippen LogP contribution is -2.26. The van der Waals surface area contributed by atoms with Gasteiger partial charge in [-0.2, -0.15) is 0 Å². The molecule has 1 amide bonds. The molecule has 0 saturated heterocycles. The second kappa shape index (κ2) is 7.74. The van der Waals surface area contributed by atoms with Crippen LogP contribution in [-0.4, -0.2) is 34.2 Å². The fraction of sp³-hybridized carbons (Fsp3) is 0.304. The van der Waals surface area contributed by atoms with Gasteiger partial charge in [-0.1, -0.05) is 23.4 Å². The van der Waals surface area contributed by atoms with Crippen LogP contribution < -0.4 is 10.1 Å². The van der Waals surface area contributed by atoms with E-state index in [0.717, 1.165) is 35.2 Å². The standard InChI is InChI=1S/C23H22N4O3/c1-14-20-17(13-18(15-8-9-15)26-23(20)30-27-14)22(28)25-11-4-12-29-19-7-2-5-16-6-3-10-24-21(16)19/h2-3,5-7,10,13,15H,4,8-9,11-12H2,1H3,(H,25,28). The summed E-state index contributed by atoms with van der Waals surface area (Å²) in [4.78, 5) is 21.8. The first-order chi connectivity index (χ1) is 14.7. The molecule has 0 aliphatic heterocycles. The number of aryl methyl sites for hydroxylation is 1. The van der Waals surface area contributed by atoms with Crippen molar-refractivity contribution in [1.29, 1.82) is 0 Å². The van der Waals surface area contributed by atoms with Crippen molar-refractivity contribution in [2.45, 2.75) is 32.1 Å². The Bertz CT molecular complexity index is 1220. The van der Waals surface area contributed by atoms with Crippen LogP contribution in [0, 0.1) is 6.92 Å². The molecule has 4 aromatic rings. The lowest BCUT2D eigenvalue weighted by atomic mass is 10.1. The monoisotopic (exact) mass is 402 g/mol. The van der Waals surface area contributed by atoms with E-state index in [1.54, 1.807) is 6.20 Å². The SMILES string of the molecule is Cc1noc2nc(C3CC3)cc(C(=O)NCCCOc3cccc4cccnc34)c12. The van der Waals surface area contributed by atoms with Gasteiger partial charge in [0.2, 0.25) is 0 Å². The number of pyridine rings is 2. The van der Waals surface area contributed by atoms with Gasteiger partial charge in [-0.05, 0) is 44.4 Å². The third-order valence-electron chi connectivity index (χ3n) is 5.34. The second-order valence-electron chi connectivity index (χ2n) is 7.61. The highest BCUT2D eigenvalue weighted by molar-refractivity contribution is 6.06. The van der Waals surface area contributed by atoms with Crippen LogP contribution in [0.5, 0.6) is 5.75 Å². The molecule has 3 aromatic heterocycles. The average molecular weight is 402 g/mol. The summed E-state index contributed by atoms with van der Waals surface area (Å²) in [6.45, 7) is 2.82. The van der Waals surface area contributed by atoms with Crippen molar-refractivity contribution in [1.82, 2.24) is 20.4 Å². The lowest BCUT2D eigenvalue weighted by Gasteiger charge is -2.10. The van der Waals surface area contributed by atoms with Crippen molar-refractivity contribution in [2.24, 2.45) is 0 Å². The Hall–Kier alpha value is -3.48. The van der Waals surface area contributed by atoms with E-state index >= 15 is 0 Å². The van der Waals surface area contributed by atoms with Crippen molar-refractivity contribution in [3.63, 3.8) is 0 Å². The largest absolute Gasteiger partial charge is 0.491 e. The van der Waals surface area contributed by atoms with Gasteiger partial charge in [-0.15, -0.1) is 0 Å². The van der Waals surface area contributed by atoms with Crippen LogP contribution in [0.25, 0.3) is 22.0 Å². The smallest absolute Gasteiger partial charge is 0.259 e. The van der Waals surface area contributed by atoms with Crippen LogP contribution >= 0.6 is 0 Å². The highest BCUT2D eigenvalue weighted by atomic mass is 16.5. The molecule has 1 aromatic carbocycles. The highest BCUT2D eigenvalue weighted by Crippen LogP contribution is 2.40. The second-order valence-corrected chi connectivity index (χ2v) is 7.61. The van der Waals surface area contributed by atoms with Gasteiger partial charge < -0.3 is 14.6 Å². The molecule has 0 unspecified atom stereocenters. The van der Waals surface area contributed by atoms with Crippen molar-refractivity contribution in [3.05, 3.63) is 59.5 Å². The zero-order valence-corrected chi connectivity index (χ0v) is 16.7. The van der Waals surface area contributed by atoms with Crippen LogP contribution in [0.1, 0.15) is 46.9 Å². The molecule has 0 bridgehead atoms. The number of amides is 1. The highest BCUT2D eigenvalue weighted by Gasteiger charge is 2.28. The minimum absolute atomic E-state index is 0.137. The molecule has 5 rings (SSSR count). The third-order valence-corrected chi connectivity index (χ3v) is 5.34. The zero-order valence-electron chi connectivity index (χ0n) is 16.7. The fourth-order valence-electron chi connectivity index (χ4n) is 3.63. The molecule has 1 saturated carbocycles. The summed E-state index contributed by atoms with van der Waals surface area (Å²) in [7, 11) is 0. The van der Waals surface area contributed by atoms with Gasteiger partial charge in [0.1, 0.15) is 11.3 Å². The first kappa shape index (κ1) is 18.5. The minimum Gasteiger partial charge on any atom is -0.491 e. The Morgan fingerprint density at radius 3 is 3.00 bits per heavy atom. The van der Waals surface area contributed by atoms with E-state index in [9.17, 15) is 4.79 Å². The maximum atomic E-state index is 12.9. The lowest BCUT2D eigenvalue weighted by molar-refractivity contribution is 0.0953. The number of nitrogens with one attached hydrogen (secondary N) is 1. The maximum absolute atomic E-state index is 12.9. The molecule has 7 nitrogen and oxygen atoms in total. The fourth-order valence-corrected chi connectivity index (χ4v) is 3.63. The van der Waals surface area contributed by atoms with E-state index in [-0.39, 0.29) is 5.91 Å². The van der Waals surface area contributed by atoms with E-state index in [1.165, 1.54) is 0 Å². The van der Waals surface area contributed by atoms with Gasteiger partial charge in [-0.25, -0.2) is 4.98 Å². The summed E-state index contributed by atoms with van der Waals surface area (Å²) in [5.74, 6) is 1.04. The number of rotatable bonds is 7. The van der Waals surface area contributed by atoms with E-state index in [4.69, 9.17) is 9.26 Å². The van der Waals surface area contributed by atoms with Crippen LogP contribution in [0.3, 0.4) is 0 Å². The summed E-state index contributed by atoms with van der Waals surface area (Å²) in [5, 5.41) is 8.70. The molecule has 152 valence electrons. The number of nitrogens with zero attached hydrogens (tertiary/aromatic N) is 3. The Morgan fingerprint density at radius 1 is 1.27 bits per heavy atom. The third kappa shape index (κ3) is 3.58. The molecule has 1 fully saturated rings. The first-order valence-electron chi connectivity index (χ1n) is 10.2. The van der Waals surface area contributed by atoms with E-state index in [2.05, 4.69) is 20.4 Å². The summed E-state index contributed by atoms with van der Waals surface area (Å²) in [5.41, 5.74) is 3.46. The van der Waals surface area contributed by atoms with Crippen LogP contribution in [0.15, 0.2) is 47.1 Å². The van der Waals surface area contributed by atoms with Gasteiger partial charge in [0.15, 0.2) is 0 Å². The number of hydrogen-bond acceptors (Lipinski definition) is 6. The number of carbonyl (C=O) groups is 1. The summed E-state index contributed by atoms with van der Waals surface area (Å²) >= 11 is 0. The molecule has 1 N–H and O–H groups in total. The summed E-state index contributed by atoms with van der Waals surface area (Å²) in [6.07, 6.45) is 4.65. The molecular formula is C23H22N4O3. The van der Waals surface area contributed by atoms with E-state index in [0.29, 0.717) is 47.8 Å². The van der Waals surface area contributed by atoms with Gasteiger partial charge in [-0.3, -0.25) is 9.78 Å². The number of benzene rings is 1. The number of ether oxygens (including phenoxy) is 1. The molecule has 0 atom stereocenters. The minimum atomic E-state index is -0.137. The Balaban J connectivity index is 1.22. The van der Waals surface area contributed by atoms with Crippen LogP contribution in [0.2, 0.25) is 0 Å². The van der Waals surface area contributed by atoms with E-state index in [1.807, 2.05) is 43.3 Å². The van der Waals surface area contributed by atoms with Crippen molar-refractivity contribution in [2.75, 3.05) is 13.2 Å².